The lowest BCUT2D eigenvalue weighted by Gasteiger charge is -2.09. The third-order valence-corrected chi connectivity index (χ3v) is 3.17. The number of hydrogen-bond acceptors (Lipinski definition) is 5. The third kappa shape index (κ3) is 2.95. The number of aryl methyl sites for hydroxylation is 1. The summed E-state index contributed by atoms with van der Waals surface area (Å²) in [5.41, 5.74) is 1.73. The van der Waals surface area contributed by atoms with Gasteiger partial charge in [-0.3, -0.25) is 14.9 Å². The Hall–Kier alpha value is -3.15. The molecule has 0 aliphatic heterocycles. The van der Waals surface area contributed by atoms with Crippen LogP contribution in [0.1, 0.15) is 16.7 Å². The van der Waals surface area contributed by atoms with Crippen molar-refractivity contribution < 1.29 is 19.9 Å². The number of aromatic hydroxyl groups is 2. The van der Waals surface area contributed by atoms with E-state index in [2.05, 4.69) is 0 Å². The van der Waals surface area contributed by atoms with Crippen molar-refractivity contribution in [2.45, 2.75) is 6.92 Å². The van der Waals surface area contributed by atoms with Gasteiger partial charge in [-0.1, -0.05) is 29.8 Å². The molecule has 0 saturated carbocycles. The van der Waals surface area contributed by atoms with Gasteiger partial charge in [0.15, 0.2) is 5.75 Å². The maximum atomic E-state index is 10.9. The first-order chi connectivity index (χ1) is 10.4. The smallest absolute Gasteiger partial charge is 0.315 e. The minimum absolute atomic E-state index is 0.262. The summed E-state index contributed by atoms with van der Waals surface area (Å²) in [5, 5.41) is 30.1. The Morgan fingerprint density at radius 2 is 1.77 bits per heavy atom. The van der Waals surface area contributed by atoms with Crippen molar-refractivity contribution in [3.8, 4) is 11.5 Å². The van der Waals surface area contributed by atoms with Gasteiger partial charge in [-0.05, 0) is 35.8 Å². The molecule has 2 aromatic carbocycles. The van der Waals surface area contributed by atoms with E-state index in [9.17, 15) is 25.1 Å². The number of carbonyl (C=O) groups is 1. The molecule has 0 spiro atoms. The van der Waals surface area contributed by atoms with Crippen molar-refractivity contribution in [1.29, 1.82) is 0 Å². The van der Waals surface area contributed by atoms with Crippen LogP contribution in [0.5, 0.6) is 11.5 Å². The number of nitro groups is 1. The van der Waals surface area contributed by atoms with E-state index in [0.717, 1.165) is 11.6 Å². The molecule has 0 radical (unpaired) electrons. The van der Waals surface area contributed by atoms with Gasteiger partial charge in [0.05, 0.1) is 4.92 Å². The van der Waals surface area contributed by atoms with Crippen LogP contribution in [-0.2, 0) is 4.79 Å². The van der Waals surface area contributed by atoms with Crippen LogP contribution in [0.2, 0.25) is 0 Å². The number of nitrogens with zero attached hydrogens (tertiary/aromatic N) is 1. The minimum Gasteiger partial charge on any atom is -0.504 e. The quantitative estimate of drug-likeness (QED) is 0.297. The predicted molar refractivity (Wildman–Crippen MR) is 80.7 cm³/mol. The van der Waals surface area contributed by atoms with Crippen LogP contribution < -0.4 is 0 Å². The lowest BCUT2D eigenvalue weighted by molar-refractivity contribution is -0.386. The van der Waals surface area contributed by atoms with Gasteiger partial charge in [-0.15, -0.1) is 0 Å². The summed E-state index contributed by atoms with van der Waals surface area (Å²) >= 11 is 0. The van der Waals surface area contributed by atoms with Crippen LogP contribution in [0.15, 0.2) is 42.5 Å². The average Bonchev–Trinajstić information content (AvgIpc) is 2.48. The number of allylic oxidation sites excluding steroid dienone is 1. The van der Waals surface area contributed by atoms with Gasteiger partial charge < -0.3 is 10.2 Å². The second kappa shape index (κ2) is 6.09. The van der Waals surface area contributed by atoms with Gasteiger partial charge in [-0.25, -0.2) is 0 Å². The fourth-order valence-corrected chi connectivity index (χ4v) is 2.06. The molecule has 112 valence electrons. The molecular weight excluding hydrogens is 286 g/mol. The van der Waals surface area contributed by atoms with Crippen LogP contribution in [-0.4, -0.2) is 21.4 Å². The SMILES string of the molecule is Cc1ccc(C(=CC=O)c2cc(O)c(O)c([N+](=O)[O-])c2)cc1. The van der Waals surface area contributed by atoms with Crippen LogP contribution in [0.25, 0.3) is 5.57 Å². The number of rotatable bonds is 4. The fourth-order valence-electron chi connectivity index (χ4n) is 2.06. The molecule has 2 N–H and O–H groups in total. The molecular formula is C16H13NO5. The summed E-state index contributed by atoms with van der Waals surface area (Å²) < 4.78 is 0. The lowest BCUT2D eigenvalue weighted by atomic mass is 9.96. The van der Waals surface area contributed by atoms with Crippen LogP contribution in [0.3, 0.4) is 0 Å². The Bertz CT molecular complexity index is 763. The number of aldehydes is 1. The van der Waals surface area contributed by atoms with Gasteiger partial charge >= 0.3 is 5.69 Å². The highest BCUT2D eigenvalue weighted by molar-refractivity contribution is 5.91. The molecule has 2 rings (SSSR count). The van der Waals surface area contributed by atoms with E-state index in [1.165, 1.54) is 12.1 Å². The predicted octanol–water partition coefficient (Wildman–Crippen LogP) is 2.95. The van der Waals surface area contributed by atoms with Crippen molar-refractivity contribution in [3.05, 3.63) is 69.3 Å². The molecule has 0 aromatic heterocycles. The average molecular weight is 299 g/mol. The van der Waals surface area contributed by atoms with E-state index in [-0.39, 0.29) is 5.56 Å². The molecule has 2 aromatic rings. The second-order valence-electron chi connectivity index (χ2n) is 4.70. The molecule has 6 heteroatoms. The first kappa shape index (κ1) is 15.2. The standard InChI is InChI=1S/C16H13NO5/c1-10-2-4-11(5-3-10)13(6-7-18)12-8-14(17(21)22)16(20)15(19)9-12/h2-9,19-20H,1H3. The van der Waals surface area contributed by atoms with E-state index < -0.39 is 22.1 Å². The number of carbonyl (C=O) groups excluding carboxylic acids is 1. The Labute approximate surface area is 126 Å². The maximum absolute atomic E-state index is 10.9. The monoisotopic (exact) mass is 299 g/mol. The largest absolute Gasteiger partial charge is 0.504 e. The van der Waals surface area contributed by atoms with E-state index in [1.807, 2.05) is 19.1 Å². The topological polar surface area (TPSA) is 101 Å². The van der Waals surface area contributed by atoms with Crippen molar-refractivity contribution in [1.82, 2.24) is 0 Å². The zero-order valence-electron chi connectivity index (χ0n) is 11.7. The van der Waals surface area contributed by atoms with E-state index in [0.29, 0.717) is 17.4 Å². The first-order valence-electron chi connectivity index (χ1n) is 6.37. The second-order valence-corrected chi connectivity index (χ2v) is 4.70. The van der Waals surface area contributed by atoms with E-state index in [4.69, 9.17) is 0 Å². The summed E-state index contributed by atoms with van der Waals surface area (Å²) in [4.78, 5) is 21.0. The van der Waals surface area contributed by atoms with Crippen LogP contribution in [0.4, 0.5) is 5.69 Å². The number of benzene rings is 2. The van der Waals surface area contributed by atoms with Crippen molar-refractivity contribution in [3.63, 3.8) is 0 Å². The lowest BCUT2D eigenvalue weighted by Crippen LogP contribution is -1.94. The fraction of sp³-hybridized carbons (Fsp3) is 0.0625. The highest BCUT2D eigenvalue weighted by Gasteiger charge is 2.20. The zero-order chi connectivity index (χ0) is 16.3. The Kier molecular flexibility index (Phi) is 4.22. The highest BCUT2D eigenvalue weighted by atomic mass is 16.6. The molecule has 0 saturated heterocycles. The molecule has 0 atom stereocenters. The van der Waals surface area contributed by atoms with Crippen molar-refractivity contribution in [2.24, 2.45) is 0 Å². The van der Waals surface area contributed by atoms with Gasteiger partial charge in [-0.2, -0.15) is 0 Å². The normalized spacial score (nSPS) is 11.2. The first-order valence-corrected chi connectivity index (χ1v) is 6.37. The van der Waals surface area contributed by atoms with Crippen LogP contribution in [0, 0.1) is 17.0 Å². The molecule has 0 fully saturated rings. The summed E-state index contributed by atoms with van der Waals surface area (Å²) in [5.74, 6) is -1.42. The number of phenolic OH excluding ortho intramolecular Hbond substituents is 2. The van der Waals surface area contributed by atoms with Gasteiger partial charge in [0, 0.05) is 6.07 Å². The molecule has 0 amide bonds. The van der Waals surface area contributed by atoms with E-state index in [1.54, 1.807) is 12.1 Å². The Morgan fingerprint density at radius 3 is 2.32 bits per heavy atom. The molecule has 0 aliphatic rings. The Balaban J connectivity index is 2.64. The van der Waals surface area contributed by atoms with Gasteiger partial charge in [0.2, 0.25) is 5.75 Å². The number of hydrogen-bond donors (Lipinski definition) is 2. The summed E-state index contributed by atoms with van der Waals surface area (Å²) in [6.07, 6.45) is 1.81. The molecule has 0 unspecified atom stereocenters. The number of phenols is 2. The van der Waals surface area contributed by atoms with Gasteiger partial charge in [0.1, 0.15) is 6.29 Å². The van der Waals surface area contributed by atoms with Gasteiger partial charge in [0.25, 0.3) is 0 Å². The molecule has 0 heterocycles. The molecule has 22 heavy (non-hydrogen) atoms. The highest BCUT2D eigenvalue weighted by Crippen LogP contribution is 2.39. The zero-order valence-corrected chi connectivity index (χ0v) is 11.7. The third-order valence-electron chi connectivity index (χ3n) is 3.17. The maximum Gasteiger partial charge on any atom is 0.315 e. The van der Waals surface area contributed by atoms with Crippen molar-refractivity contribution in [2.75, 3.05) is 0 Å². The summed E-state index contributed by atoms with van der Waals surface area (Å²) in [6.45, 7) is 1.91. The van der Waals surface area contributed by atoms with E-state index >= 15 is 0 Å². The minimum atomic E-state index is -0.803. The molecule has 0 aliphatic carbocycles. The van der Waals surface area contributed by atoms with Crippen LogP contribution >= 0.6 is 0 Å². The molecule has 0 bridgehead atoms. The summed E-state index contributed by atoms with van der Waals surface area (Å²) in [7, 11) is 0. The summed E-state index contributed by atoms with van der Waals surface area (Å²) in [6, 6.07) is 9.49. The molecule has 6 nitrogen and oxygen atoms in total. The Morgan fingerprint density at radius 1 is 1.14 bits per heavy atom. The van der Waals surface area contributed by atoms with Crippen molar-refractivity contribution >= 4 is 17.5 Å². The number of nitro benzene ring substituents is 1.